The maximum atomic E-state index is 12.3. The zero-order valence-corrected chi connectivity index (χ0v) is 16.3. The van der Waals surface area contributed by atoms with Crippen molar-refractivity contribution in [3.8, 4) is 11.9 Å². The van der Waals surface area contributed by atoms with Crippen molar-refractivity contribution >= 4 is 16.8 Å². The molecule has 0 aliphatic rings. The second-order valence-electron chi connectivity index (χ2n) is 6.62. The highest BCUT2D eigenvalue weighted by atomic mass is 19.3. The number of nitrogens with one attached hydrogen (secondary N) is 1. The van der Waals surface area contributed by atoms with Gasteiger partial charge in [-0.15, -0.1) is 0 Å². The lowest BCUT2D eigenvalue weighted by atomic mass is 10.2. The molecule has 3 aromatic heterocycles. The molecule has 0 fully saturated rings. The molecule has 1 amide bonds. The van der Waals surface area contributed by atoms with Gasteiger partial charge < -0.3 is 10.1 Å². The van der Waals surface area contributed by atoms with Crippen molar-refractivity contribution in [3.63, 3.8) is 0 Å². The van der Waals surface area contributed by atoms with Crippen molar-refractivity contribution in [2.75, 3.05) is 13.2 Å². The number of halogens is 2. The molecule has 0 saturated carbocycles. The molecule has 0 bridgehead atoms. The van der Waals surface area contributed by atoms with E-state index in [1.165, 1.54) is 0 Å². The molecule has 3 rings (SSSR count). The summed E-state index contributed by atoms with van der Waals surface area (Å²) in [6.45, 7) is 1.75. The lowest BCUT2D eigenvalue weighted by molar-refractivity contribution is -0.120. The number of pyridine rings is 2. The van der Waals surface area contributed by atoms with Crippen molar-refractivity contribution in [1.82, 2.24) is 25.1 Å². The number of nitrogens with zero attached hydrogens (tertiary/aromatic N) is 5. The Kier molecular flexibility index (Phi) is 6.85. The number of hydrogen-bond donors (Lipinski definition) is 1. The summed E-state index contributed by atoms with van der Waals surface area (Å²) in [5.41, 5.74) is 2.78. The van der Waals surface area contributed by atoms with Gasteiger partial charge in [0.1, 0.15) is 0 Å². The smallest absolute Gasteiger partial charge is 0.272 e. The van der Waals surface area contributed by atoms with Crippen LogP contribution in [0.25, 0.3) is 10.9 Å². The van der Waals surface area contributed by atoms with Gasteiger partial charge in [-0.1, -0.05) is 0 Å². The first kappa shape index (κ1) is 21.1. The summed E-state index contributed by atoms with van der Waals surface area (Å²) in [7, 11) is 0. The molecule has 0 aromatic carbocycles. The van der Waals surface area contributed by atoms with Gasteiger partial charge in [-0.2, -0.15) is 10.4 Å². The number of nitriles is 1. The Bertz CT molecular complexity index is 1080. The average molecular weight is 414 g/mol. The van der Waals surface area contributed by atoms with E-state index in [4.69, 9.17) is 10.00 Å². The van der Waals surface area contributed by atoms with Crippen LogP contribution in [0.15, 0.2) is 30.7 Å². The van der Waals surface area contributed by atoms with Crippen LogP contribution in [0.1, 0.15) is 23.2 Å². The number of fused-ring (bicyclic) bond motifs is 1. The fraction of sp³-hybridized carbons (Fsp3) is 0.350. The third-order valence-corrected chi connectivity index (χ3v) is 4.23. The number of rotatable bonds is 9. The van der Waals surface area contributed by atoms with Crippen LogP contribution in [0.5, 0.6) is 5.88 Å². The minimum atomic E-state index is -2.56. The fourth-order valence-corrected chi connectivity index (χ4v) is 2.93. The topological polar surface area (TPSA) is 106 Å². The summed E-state index contributed by atoms with van der Waals surface area (Å²) < 4.78 is 31.3. The molecule has 0 atom stereocenters. The van der Waals surface area contributed by atoms with E-state index in [-0.39, 0.29) is 24.6 Å². The van der Waals surface area contributed by atoms with E-state index in [1.807, 2.05) is 12.1 Å². The van der Waals surface area contributed by atoms with E-state index in [1.54, 1.807) is 36.3 Å². The molecule has 1 N–H and O–H groups in total. The molecule has 156 valence electrons. The van der Waals surface area contributed by atoms with Gasteiger partial charge in [0.25, 0.3) is 6.43 Å². The van der Waals surface area contributed by atoms with Crippen LogP contribution in [0, 0.1) is 18.3 Å². The largest absolute Gasteiger partial charge is 0.471 e. The molecule has 8 nitrogen and oxygen atoms in total. The predicted molar refractivity (Wildman–Crippen MR) is 104 cm³/mol. The number of aromatic nitrogens is 4. The number of aryl methyl sites for hydroxylation is 1. The molecule has 30 heavy (non-hydrogen) atoms. The molecular weight excluding hydrogens is 394 g/mol. The van der Waals surface area contributed by atoms with Crippen LogP contribution in [0.2, 0.25) is 0 Å². The highest BCUT2D eigenvalue weighted by molar-refractivity contribution is 5.86. The van der Waals surface area contributed by atoms with Gasteiger partial charge in [-0.05, 0) is 24.6 Å². The van der Waals surface area contributed by atoms with E-state index in [2.05, 4.69) is 20.4 Å². The van der Waals surface area contributed by atoms with Crippen LogP contribution < -0.4 is 10.1 Å². The first-order valence-corrected chi connectivity index (χ1v) is 9.27. The molecule has 0 unspecified atom stereocenters. The quantitative estimate of drug-likeness (QED) is 0.539. The van der Waals surface area contributed by atoms with Gasteiger partial charge in [0, 0.05) is 36.1 Å². The summed E-state index contributed by atoms with van der Waals surface area (Å²) in [5, 5.41) is 16.5. The van der Waals surface area contributed by atoms with Crippen molar-refractivity contribution in [3.05, 3.63) is 47.5 Å². The Labute approximate surface area is 171 Å². The number of hydrogen-bond acceptors (Lipinski definition) is 6. The Balaban J connectivity index is 1.72. The monoisotopic (exact) mass is 414 g/mol. The first-order chi connectivity index (χ1) is 14.5. The molecule has 3 heterocycles. The van der Waals surface area contributed by atoms with Crippen molar-refractivity contribution in [2.24, 2.45) is 0 Å². The number of amides is 1. The van der Waals surface area contributed by atoms with E-state index in [9.17, 15) is 13.6 Å². The van der Waals surface area contributed by atoms with Crippen LogP contribution in [-0.2, 0) is 17.8 Å². The van der Waals surface area contributed by atoms with Gasteiger partial charge in [0.2, 0.25) is 11.8 Å². The normalized spacial score (nSPS) is 10.9. The number of ether oxygens (including phenoxy) is 1. The maximum absolute atomic E-state index is 12.3. The van der Waals surface area contributed by atoms with E-state index >= 15 is 0 Å². The standard InChI is InChI=1S/C20H20F2N6O2/c1-13-7-14(9-26-20(13)30-12-18(21)22)10-28-11-15-16(27-28)3-6-24-17(15)8-19(29)25-5-2-4-23/h3,6-7,9,11,18H,2,5,8,10,12H2,1H3,(H,25,29). The Morgan fingerprint density at radius 3 is 2.97 bits per heavy atom. The lowest BCUT2D eigenvalue weighted by Gasteiger charge is -2.09. The molecule has 0 radical (unpaired) electrons. The summed E-state index contributed by atoms with van der Waals surface area (Å²) in [6, 6.07) is 5.54. The van der Waals surface area contributed by atoms with Gasteiger partial charge in [0.05, 0.1) is 36.7 Å². The summed E-state index contributed by atoms with van der Waals surface area (Å²) >= 11 is 0. The minimum Gasteiger partial charge on any atom is -0.471 e. The minimum absolute atomic E-state index is 0.0886. The van der Waals surface area contributed by atoms with E-state index in [0.29, 0.717) is 29.9 Å². The van der Waals surface area contributed by atoms with Crippen LogP contribution in [0.4, 0.5) is 8.78 Å². The zero-order chi connectivity index (χ0) is 21.5. The summed E-state index contributed by atoms with van der Waals surface area (Å²) in [4.78, 5) is 20.4. The Morgan fingerprint density at radius 1 is 1.40 bits per heavy atom. The van der Waals surface area contributed by atoms with Gasteiger partial charge in [-0.3, -0.25) is 14.5 Å². The lowest BCUT2D eigenvalue weighted by Crippen LogP contribution is -2.26. The third-order valence-electron chi connectivity index (χ3n) is 4.23. The average Bonchev–Trinajstić information content (AvgIpc) is 3.11. The second-order valence-corrected chi connectivity index (χ2v) is 6.62. The third kappa shape index (κ3) is 5.47. The number of carbonyl (C=O) groups excluding carboxylic acids is 1. The summed E-state index contributed by atoms with van der Waals surface area (Å²) in [5.74, 6) is -0.0317. The molecule has 3 aromatic rings. The molecule has 10 heteroatoms. The molecule has 0 spiro atoms. The number of alkyl halides is 2. The predicted octanol–water partition coefficient (Wildman–Crippen LogP) is 2.40. The Hall–Kier alpha value is -3.61. The number of carbonyl (C=O) groups is 1. The van der Waals surface area contributed by atoms with E-state index in [0.717, 1.165) is 10.9 Å². The SMILES string of the molecule is Cc1cc(Cn2cc3c(CC(=O)NCCC#N)nccc3n2)cnc1OCC(F)F. The van der Waals surface area contributed by atoms with Gasteiger partial charge in [0.15, 0.2) is 6.61 Å². The molecule has 0 aliphatic heterocycles. The molecular formula is C20H20F2N6O2. The van der Waals surface area contributed by atoms with Crippen LogP contribution >= 0.6 is 0 Å². The molecule has 0 saturated heterocycles. The molecule has 0 aliphatic carbocycles. The fourth-order valence-electron chi connectivity index (χ4n) is 2.93. The van der Waals surface area contributed by atoms with Gasteiger partial charge >= 0.3 is 0 Å². The maximum Gasteiger partial charge on any atom is 0.272 e. The highest BCUT2D eigenvalue weighted by Crippen LogP contribution is 2.19. The second kappa shape index (κ2) is 9.73. The van der Waals surface area contributed by atoms with E-state index < -0.39 is 13.0 Å². The van der Waals surface area contributed by atoms with Crippen molar-refractivity contribution in [1.29, 1.82) is 5.26 Å². The summed E-state index contributed by atoms with van der Waals surface area (Å²) in [6.07, 6.45) is 2.74. The zero-order valence-electron chi connectivity index (χ0n) is 16.3. The highest BCUT2D eigenvalue weighted by Gasteiger charge is 2.12. The van der Waals surface area contributed by atoms with Crippen molar-refractivity contribution in [2.45, 2.75) is 32.7 Å². The van der Waals surface area contributed by atoms with Crippen LogP contribution in [0.3, 0.4) is 0 Å². The van der Waals surface area contributed by atoms with Gasteiger partial charge in [-0.25, -0.2) is 13.8 Å². The van der Waals surface area contributed by atoms with Crippen LogP contribution in [-0.4, -0.2) is 45.2 Å². The van der Waals surface area contributed by atoms with Crippen molar-refractivity contribution < 1.29 is 18.3 Å². The Morgan fingerprint density at radius 2 is 2.23 bits per heavy atom. The first-order valence-electron chi connectivity index (χ1n) is 9.27.